The number of carbonyl (C=O) groups is 1. The van der Waals surface area contributed by atoms with Gasteiger partial charge in [0.1, 0.15) is 0 Å². The number of likely N-dealkylation sites (tertiary alicyclic amines) is 1. The maximum atomic E-state index is 12.7. The SMILES string of the molecule is CNC1CCCN(CC(=O)Nc2cc(C(F)(F)F)ccc2Cl)C1.Cl. The average Bonchev–Trinajstić information content (AvgIpc) is 2.48. The topological polar surface area (TPSA) is 44.4 Å². The summed E-state index contributed by atoms with van der Waals surface area (Å²) in [5, 5.41) is 5.72. The summed E-state index contributed by atoms with van der Waals surface area (Å²) in [6, 6.07) is 3.21. The number of amides is 1. The van der Waals surface area contributed by atoms with E-state index in [0.29, 0.717) is 6.04 Å². The quantitative estimate of drug-likeness (QED) is 0.834. The second-order valence-electron chi connectivity index (χ2n) is 5.60. The molecule has 0 spiro atoms. The molecule has 0 saturated carbocycles. The number of hydrogen-bond acceptors (Lipinski definition) is 3. The summed E-state index contributed by atoms with van der Waals surface area (Å²) in [7, 11) is 1.87. The minimum Gasteiger partial charge on any atom is -0.324 e. The van der Waals surface area contributed by atoms with Crippen LogP contribution < -0.4 is 10.6 Å². The fourth-order valence-corrected chi connectivity index (χ4v) is 2.79. The van der Waals surface area contributed by atoms with Gasteiger partial charge in [0.25, 0.3) is 0 Å². The number of rotatable bonds is 4. The molecule has 0 bridgehead atoms. The van der Waals surface area contributed by atoms with Gasteiger partial charge in [0.05, 0.1) is 22.8 Å². The standard InChI is InChI=1S/C15H19ClF3N3O.ClH/c1-20-11-3-2-6-22(8-11)9-14(23)21-13-7-10(15(17,18)19)4-5-12(13)16;/h4-5,7,11,20H,2-3,6,8-9H2,1H3,(H,21,23);1H. The highest BCUT2D eigenvalue weighted by Gasteiger charge is 2.31. The summed E-state index contributed by atoms with van der Waals surface area (Å²) in [6.07, 6.45) is -2.45. The average molecular weight is 386 g/mol. The molecule has 0 aliphatic carbocycles. The summed E-state index contributed by atoms with van der Waals surface area (Å²) in [5.41, 5.74) is -0.862. The number of benzene rings is 1. The van der Waals surface area contributed by atoms with Gasteiger partial charge in [0.15, 0.2) is 0 Å². The van der Waals surface area contributed by atoms with Crippen molar-refractivity contribution in [2.24, 2.45) is 0 Å². The summed E-state index contributed by atoms with van der Waals surface area (Å²) < 4.78 is 38.2. The van der Waals surface area contributed by atoms with E-state index in [-0.39, 0.29) is 35.6 Å². The number of anilines is 1. The third-order valence-electron chi connectivity index (χ3n) is 3.85. The Morgan fingerprint density at radius 1 is 1.42 bits per heavy atom. The Bertz CT molecular complexity index is 569. The number of nitrogens with one attached hydrogen (secondary N) is 2. The summed E-state index contributed by atoms with van der Waals surface area (Å²) >= 11 is 5.87. The van der Waals surface area contributed by atoms with Crippen molar-refractivity contribution in [2.75, 3.05) is 32.0 Å². The zero-order valence-corrected chi connectivity index (χ0v) is 14.7. The van der Waals surface area contributed by atoms with Crippen LogP contribution in [0.2, 0.25) is 5.02 Å². The van der Waals surface area contributed by atoms with E-state index < -0.39 is 11.7 Å². The van der Waals surface area contributed by atoms with Crippen LogP contribution in [0, 0.1) is 0 Å². The van der Waals surface area contributed by atoms with Crippen molar-refractivity contribution in [2.45, 2.75) is 25.1 Å². The Kier molecular flexibility index (Phi) is 7.79. The molecule has 24 heavy (non-hydrogen) atoms. The molecule has 1 unspecified atom stereocenters. The Morgan fingerprint density at radius 3 is 2.75 bits per heavy atom. The maximum Gasteiger partial charge on any atom is 0.416 e. The van der Waals surface area contributed by atoms with Gasteiger partial charge in [-0.15, -0.1) is 12.4 Å². The van der Waals surface area contributed by atoms with E-state index in [1.807, 2.05) is 11.9 Å². The first-order chi connectivity index (χ1) is 10.8. The van der Waals surface area contributed by atoms with E-state index >= 15 is 0 Å². The van der Waals surface area contributed by atoms with E-state index in [0.717, 1.165) is 44.1 Å². The highest BCUT2D eigenvalue weighted by Crippen LogP contribution is 2.33. The number of hydrogen-bond donors (Lipinski definition) is 2. The van der Waals surface area contributed by atoms with E-state index in [4.69, 9.17) is 11.6 Å². The molecular formula is C15H20Cl2F3N3O. The number of halogens is 5. The van der Waals surface area contributed by atoms with Crippen molar-refractivity contribution >= 4 is 35.6 Å². The van der Waals surface area contributed by atoms with Crippen LogP contribution in [0.15, 0.2) is 18.2 Å². The fourth-order valence-electron chi connectivity index (χ4n) is 2.62. The van der Waals surface area contributed by atoms with E-state index in [1.54, 1.807) is 0 Å². The van der Waals surface area contributed by atoms with Crippen LogP contribution in [0.25, 0.3) is 0 Å². The van der Waals surface area contributed by atoms with Crippen molar-refractivity contribution in [3.05, 3.63) is 28.8 Å². The van der Waals surface area contributed by atoms with Gasteiger partial charge in [-0.25, -0.2) is 0 Å². The zero-order valence-electron chi connectivity index (χ0n) is 13.1. The number of piperidine rings is 1. The molecule has 9 heteroatoms. The van der Waals surface area contributed by atoms with Crippen LogP contribution in [-0.4, -0.2) is 43.5 Å². The smallest absolute Gasteiger partial charge is 0.324 e. The van der Waals surface area contributed by atoms with Crippen molar-refractivity contribution in [1.82, 2.24) is 10.2 Å². The largest absolute Gasteiger partial charge is 0.416 e. The predicted molar refractivity (Wildman–Crippen MR) is 90.9 cm³/mol. The highest BCUT2D eigenvalue weighted by molar-refractivity contribution is 6.33. The molecule has 1 fully saturated rings. The monoisotopic (exact) mass is 385 g/mol. The Hall–Kier alpha value is -1.02. The normalized spacial score (nSPS) is 18.8. The van der Waals surface area contributed by atoms with Gasteiger partial charge in [-0.2, -0.15) is 13.2 Å². The van der Waals surface area contributed by atoms with E-state index in [2.05, 4.69) is 10.6 Å². The Balaban J connectivity index is 0.00000288. The first kappa shape index (κ1) is 21.0. The molecule has 1 aromatic carbocycles. The fraction of sp³-hybridized carbons (Fsp3) is 0.533. The lowest BCUT2D eigenvalue weighted by Crippen LogP contribution is -2.46. The summed E-state index contributed by atoms with van der Waals surface area (Å²) in [4.78, 5) is 14.0. The summed E-state index contributed by atoms with van der Waals surface area (Å²) in [6.45, 7) is 1.66. The predicted octanol–water partition coefficient (Wildman–Crippen LogP) is 3.40. The van der Waals surface area contributed by atoms with Crippen LogP contribution in [-0.2, 0) is 11.0 Å². The molecule has 1 saturated heterocycles. The molecule has 1 amide bonds. The lowest BCUT2D eigenvalue weighted by molar-refractivity contribution is -0.137. The molecule has 0 aromatic heterocycles. The Morgan fingerprint density at radius 2 is 2.12 bits per heavy atom. The molecule has 1 aliphatic heterocycles. The third-order valence-corrected chi connectivity index (χ3v) is 4.18. The molecule has 2 N–H and O–H groups in total. The highest BCUT2D eigenvalue weighted by atomic mass is 35.5. The van der Waals surface area contributed by atoms with E-state index in [1.165, 1.54) is 0 Å². The van der Waals surface area contributed by atoms with Gasteiger partial charge in [-0.1, -0.05) is 11.6 Å². The molecule has 136 valence electrons. The lowest BCUT2D eigenvalue weighted by atomic mass is 10.1. The molecule has 0 radical (unpaired) electrons. The maximum absolute atomic E-state index is 12.7. The van der Waals surface area contributed by atoms with Crippen molar-refractivity contribution in [3.63, 3.8) is 0 Å². The van der Waals surface area contributed by atoms with Gasteiger partial charge in [0, 0.05) is 12.6 Å². The van der Waals surface area contributed by atoms with Crippen LogP contribution in [0.5, 0.6) is 0 Å². The second kappa shape index (κ2) is 8.89. The van der Waals surface area contributed by atoms with Gasteiger partial charge < -0.3 is 10.6 Å². The molecular weight excluding hydrogens is 366 g/mol. The number of alkyl halides is 3. The van der Waals surface area contributed by atoms with Crippen molar-refractivity contribution in [3.8, 4) is 0 Å². The van der Waals surface area contributed by atoms with Gasteiger partial charge in [-0.3, -0.25) is 9.69 Å². The molecule has 1 aromatic rings. The number of nitrogens with zero attached hydrogens (tertiary/aromatic N) is 1. The minimum absolute atomic E-state index is 0. The summed E-state index contributed by atoms with van der Waals surface area (Å²) in [5.74, 6) is -0.372. The van der Waals surface area contributed by atoms with E-state index in [9.17, 15) is 18.0 Å². The van der Waals surface area contributed by atoms with Gasteiger partial charge in [-0.05, 0) is 44.6 Å². The first-order valence-electron chi connectivity index (χ1n) is 7.36. The first-order valence-corrected chi connectivity index (χ1v) is 7.73. The molecule has 1 heterocycles. The second-order valence-corrected chi connectivity index (χ2v) is 6.01. The number of carbonyl (C=O) groups excluding carboxylic acids is 1. The van der Waals surface area contributed by atoms with Crippen molar-refractivity contribution in [1.29, 1.82) is 0 Å². The van der Waals surface area contributed by atoms with Gasteiger partial charge >= 0.3 is 6.18 Å². The van der Waals surface area contributed by atoms with Crippen LogP contribution in [0.4, 0.5) is 18.9 Å². The molecule has 1 atom stereocenters. The number of likely N-dealkylation sites (N-methyl/N-ethyl adjacent to an activating group) is 1. The minimum atomic E-state index is -4.48. The third kappa shape index (κ3) is 5.81. The molecule has 1 aliphatic rings. The molecule has 4 nitrogen and oxygen atoms in total. The Labute approximate surface area is 150 Å². The van der Waals surface area contributed by atoms with Crippen LogP contribution in [0.1, 0.15) is 18.4 Å². The molecule has 2 rings (SSSR count). The lowest BCUT2D eigenvalue weighted by Gasteiger charge is -2.31. The van der Waals surface area contributed by atoms with Crippen LogP contribution >= 0.6 is 24.0 Å². The zero-order chi connectivity index (χ0) is 17.0. The van der Waals surface area contributed by atoms with Crippen LogP contribution in [0.3, 0.4) is 0 Å². The van der Waals surface area contributed by atoms with Crippen molar-refractivity contribution < 1.29 is 18.0 Å². The van der Waals surface area contributed by atoms with Gasteiger partial charge in [0.2, 0.25) is 5.91 Å².